The maximum Gasteiger partial charge on any atom is 0.223 e. The number of hydrogen-bond acceptors (Lipinski definition) is 3. The highest BCUT2D eigenvalue weighted by molar-refractivity contribution is 9.10. The third kappa shape index (κ3) is 4.08. The highest BCUT2D eigenvalue weighted by atomic mass is 79.9. The summed E-state index contributed by atoms with van der Waals surface area (Å²) >= 11 is 5.19. The average Bonchev–Trinajstić information content (AvgIpc) is 3.07. The summed E-state index contributed by atoms with van der Waals surface area (Å²) in [5, 5.41) is 8.44. The molecule has 0 aromatic carbocycles. The summed E-state index contributed by atoms with van der Waals surface area (Å²) in [5.74, 6) is 0.527. The largest absolute Gasteiger partial charge is 0.355 e. The molecule has 5 heteroatoms. The number of rotatable bonds is 6. The maximum atomic E-state index is 11.4. The van der Waals surface area contributed by atoms with Gasteiger partial charge in [-0.3, -0.25) is 4.79 Å². The molecule has 1 atom stereocenters. The molecule has 2 rings (SSSR count). The van der Waals surface area contributed by atoms with Crippen LogP contribution in [0.4, 0.5) is 0 Å². The summed E-state index contributed by atoms with van der Waals surface area (Å²) in [6.07, 6.45) is 2.14. The number of nitrogens with one attached hydrogen (secondary N) is 2. The fraction of sp³-hybridized carbons (Fsp3) is 0.583. The van der Waals surface area contributed by atoms with Crippen LogP contribution in [0.3, 0.4) is 0 Å². The van der Waals surface area contributed by atoms with Gasteiger partial charge in [0, 0.05) is 39.8 Å². The van der Waals surface area contributed by atoms with E-state index in [1.807, 2.05) is 0 Å². The first-order chi connectivity index (χ1) is 8.16. The van der Waals surface area contributed by atoms with Crippen LogP contribution in [-0.4, -0.2) is 19.0 Å². The van der Waals surface area contributed by atoms with E-state index >= 15 is 0 Å². The number of carbonyl (C=O) groups is 1. The van der Waals surface area contributed by atoms with Crippen molar-refractivity contribution in [3.8, 4) is 0 Å². The highest BCUT2D eigenvalue weighted by Crippen LogP contribution is 2.28. The molecule has 1 aliphatic carbocycles. The number of hydrogen-bond donors (Lipinski definition) is 2. The van der Waals surface area contributed by atoms with E-state index in [4.69, 9.17) is 0 Å². The average molecular weight is 317 g/mol. The van der Waals surface area contributed by atoms with Crippen LogP contribution in [-0.2, 0) is 4.79 Å². The van der Waals surface area contributed by atoms with E-state index in [1.54, 1.807) is 11.3 Å². The maximum absolute atomic E-state index is 11.4. The van der Waals surface area contributed by atoms with Gasteiger partial charge in [0.05, 0.1) is 0 Å². The third-order valence-corrected chi connectivity index (χ3v) is 4.71. The monoisotopic (exact) mass is 316 g/mol. The van der Waals surface area contributed by atoms with E-state index < -0.39 is 0 Å². The van der Waals surface area contributed by atoms with E-state index in [9.17, 15) is 4.79 Å². The number of carbonyl (C=O) groups excluding carboxylic acids is 1. The van der Waals surface area contributed by atoms with Gasteiger partial charge in [-0.1, -0.05) is 0 Å². The zero-order chi connectivity index (χ0) is 12.3. The van der Waals surface area contributed by atoms with Gasteiger partial charge < -0.3 is 10.6 Å². The predicted octanol–water partition coefficient (Wildman–Crippen LogP) is 2.69. The van der Waals surface area contributed by atoms with Crippen molar-refractivity contribution in [2.45, 2.75) is 25.8 Å². The Kier molecular flexibility index (Phi) is 4.59. The fourth-order valence-corrected chi connectivity index (χ4v) is 3.10. The summed E-state index contributed by atoms with van der Waals surface area (Å²) < 4.78 is 1.13. The minimum atomic E-state index is 0.221. The van der Waals surface area contributed by atoms with Crippen LogP contribution >= 0.6 is 27.3 Å². The lowest BCUT2D eigenvalue weighted by Crippen LogP contribution is -2.33. The van der Waals surface area contributed by atoms with E-state index in [2.05, 4.69) is 44.9 Å². The Morgan fingerprint density at radius 2 is 2.35 bits per heavy atom. The van der Waals surface area contributed by atoms with Crippen molar-refractivity contribution >= 4 is 33.2 Å². The Hall–Kier alpha value is -0.390. The second kappa shape index (κ2) is 5.98. The molecule has 1 aliphatic rings. The molecule has 3 nitrogen and oxygen atoms in total. The second-order valence-corrected chi connectivity index (χ2v) is 6.27. The molecule has 17 heavy (non-hydrogen) atoms. The van der Waals surface area contributed by atoms with Gasteiger partial charge in [0.1, 0.15) is 0 Å². The first-order valence-corrected chi connectivity index (χ1v) is 7.59. The number of halogens is 1. The van der Waals surface area contributed by atoms with Gasteiger partial charge in [-0.15, -0.1) is 11.3 Å². The normalized spacial score (nSPS) is 16.8. The lowest BCUT2D eigenvalue weighted by atomic mass is 10.3. The summed E-state index contributed by atoms with van der Waals surface area (Å²) in [4.78, 5) is 12.7. The van der Waals surface area contributed by atoms with Gasteiger partial charge in [0.15, 0.2) is 0 Å². The summed E-state index contributed by atoms with van der Waals surface area (Å²) in [6, 6.07) is 2.47. The van der Waals surface area contributed by atoms with Crippen LogP contribution in [0.15, 0.2) is 15.9 Å². The summed E-state index contributed by atoms with van der Waals surface area (Å²) in [6.45, 7) is 3.67. The Bertz CT molecular complexity index is 390. The van der Waals surface area contributed by atoms with Crippen molar-refractivity contribution in [2.75, 3.05) is 13.1 Å². The first kappa shape index (κ1) is 13.1. The third-order valence-electron chi connectivity index (χ3n) is 2.84. The number of thiophene rings is 1. The smallest absolute Gasteiger partial charge is 0.223 e. The number of amides is 1. The molecule has 2 N–H and O–H groups in total. The minimum Gasteiger partial charge on any atom is -0.355 e. The van der Waals surface area contributed by atoms with E-state index in [-0.39, 0.29) is 5.91 Å². The van der Waals surface area contributed by atoms with E-state index in [0.717, 1.165) is 23.9 Å². The van der Waals surface area contributed by atoms with Gasteiger partial charge in [-0.05, 0) is 41.8 Å². The van der Waals surface area contributed by atoms with Crippen molar-refractivity contribution < 1.29 is 4.79 Å². The van der Waals surface area contributed by atoms with Crippen LogP contribution in [0.2, 0.25) is 0 Å². The molecule has 1 aromatic rings. The Balaban J connectivity index is 1.62. The molecule has 1 aromatic heterocycles. The second-order valence-electron chi connectivity index (χ2n) is 4.41. The Morgan fingerprint density at radius 1 is 1.59 bits per heavy atom. The molecule has 0 radical (unpaired) electrons. The molecule has 1 amide bonds. The van der Waals surface area contributed by atoms with Crippen molar-refractivity contribution in [1.29, 1.82) is 0 Å². The van der Waals surface area contributed by atoms with Crippen LogP contribution in [0.1, 0.15) is 30.7 Å². The van der Waals surface area contributed by atoms with Gasteiger partial charge in [0.25, 0.3) is 0 Å². The van der Waals surface area contributed by atoms with Gasteiger partial charge in [-0.25, -0.2) is 0 Å². The van der Waals surface area contributed by atoms with Crippen molar-refractivity contribution in [2.24, 2.45) is 5.92 Å². The van der Waals surface area contributed by atoms with Gasteiger partial charge >= 0.3 is 0 Å². The van der Waals surface area contributed by atoms with Crippen molar-refractivity contribution in [3.63, 3.8) is 0 Å². The molecule has 94 valence electrons. The quantitative estimate of drug-likeness (QED) is 0.792. The van der Waals surface area contributed by atoms with Crippen molar-refractivity contribution in [3.05, 3.63) is 20.8 Å². The molecule has 1 heterocycles. The minimum absolute atomic E-state index is 0.221. The van der Waals surface area contributed by atoms with Crippen LogP contribution < -0.4 is 10.6 Å². The van der Waals surface area contributed by atoms with Gasteiger partial charge in [-0.2, -0.15) is 0 Å². The Labute approximate surface area is 114 Å². The van der Waals surface area contributed by atoms with E-state index in [0.29, 0.717) is 18.5 Å². The van der Waals surface area contributed by atoms with Gasteiger partial charge in [0.2, 0.25) is 5.91 Å². The lowest BCUT2D eigenvalue weighted by Gasteiger charge is -2.12. The highest BCUT2D eigenvalue weighted by Gasteiger charge is 2.28. The standard InChI is InChI=1S/C12H17BrN2OS/c1-8(11-6-10(13)7-17-11)14-4-5-15-12(16)9-2-3-9/h6-9,14H,2-5H2,1H3,(H,15,16). The van der Waals surface area contributed by atoms with Crippen LogP contribution in [0.25, 0.3) is 0 Å². The Morgan fingerprint density at radius 3 is 2.94 bits per heavy atom. The zero-order valence-corrected chi connectivity index (χ0v) is 12.2. The zero-order valence-electron chi connectivity index (χ0n) is 9.83. The molecular weight excluding hydrogens is 300 g/mol. The molecule has 0 aliphatic heterocycles. The van der Waals surface area contributed by atoms with Crippen LogP contribution in [0.5, 0.6) is 0 Å². The lowest BCUT2D eigenvalue weighted by molar-refractivity contribution is -0.122. The molecule has 1 unspecified atom stereocenters. The molecular formula is C12H17BrN2OS. The molecule has 1 saturated carbocycles. The topological polar surface area (TPSA) is 41.1 Å². The molecule has 0 spiro atoms. The molecule has 0 saturated heterocycles. The molecule has 0 bridgehead atoms. The van der Waals surface area contributed by atoms with Crippen LogP contribution in [0, 0.1) is 5.92 Å². The summed E-state index contributed by atoms with van der Waals surface area (Å²) in [7, 11) is 0. The predicted molar refractivity (Wildman–Crippen MR) is 74.2 cm³/mol. The van der Waals surface area contributed by atoms with E-state index in [1.165, 1.54) is 4.88 Å². The van der Waals surface area contributed by atoms with Crippen molar-refractivity contribution in [1.82, 2.24) is 10.6 Å². The fourth-order valence-electron chi connectivity index (χ4n) is 1.62. The SMILES string of the molecule is CC(NCCNC(=O)C1CC1)c1cc(Br)cs1. The summed E-state index contributed by atoms with van der Waals surface area (Å²) in [5.41, 5.74) is 0. The first-order valence-electron chi connectivity index (χ1n) is 5.92. The molecule has 1 fully saturated rings.